The van der Waals surface area contributed by atoms with Gasteiger partial charge in [-0.05, 0) is 18.6 Å². The molecule has 0 atom stereocenters. The molecule has 0 aliphatic rings. The Labute approximate surface area is 97.9 Å². The van der Waals surface area contributed by atoms with Crippen molar-refractivity contribution in [2.75, 3.05) is 13.2 Å². The molecule has 0 N–H and O–H groups in total. The summed E-state index contributed by atoms with van der Waals surface area (Å²) in [6, 6.07) is 4.32. The second kappa shape index (κ2) is 5.71. The molecule has 0 bridgehead atoms. The maximum absolute atomic E-state index is 11.5. The molecule has 0 saturated heterocycles. The molecule has 1 aromatic carbocycles. The standard InChI is InChI=1S/C9H10NO6S/c11-6-1-7-16-17(14,15)9-4-2-8(3-5-9)10(12)13/h2-5H,1,6-7H2. The van der Waals surface area contributed by atoms with Crippen LogP contribution in [-0.4, -0.2) is 26.6 Å². The number of non-ortho nitro benzene ring substituents is 1. The fourth-order valence-corrected chi connectivity index (χ4v) is 1.97. The zero-order valence-electron chi connectivity index (χ0n) is 8.74. The van der Waals surface area contributed by atoms with E-state index in [4.69, 9.17) is 0 Å². The van der Waals surface area contributed by atoms with Crippen LogP contribution < -0.4 is 0 Å². The maximum Gasteiger partial charge on any atom is 0.296 e. The minimum Gasteiger partial charge on any atom is -0.266 e. The van der Waals surface area contributed by atoms with Gasteiger partial charge in [0.25, 0.3) is 15.8 Å². The molecule has 0 aliphatic heterocycles. The smallest absolute Gasteiger partial charge is 0.266 e. The van der Waals surface area contributed by atoms with Gasteiger partial charge in [0, 0.05) is 12.1 Å². The Morgan fingerprint density at radius 2 is 1.82 bits per heavy atom. The van der Waals surface area contributed by atoms with Crippen LogP contribution >= 0.6 is 0 Å². The lowest BCUT2D eigenvalue weighted by molar-refractivity contribution is -0.384. The SMILES string of the molecule is [O]CCCOS(=O)(=O)c1ccc([N+](=O)[O-])cc1. The van der Waals surface area contributed by atoms with Crippen LogP contribution in [0.2, 0.25) is 0 Å². The molecule has 0 aromatic heterocycles. The first kappa shape index (κ1) is 13.6. The normalized spacial score (nSPS) is 11.4. The van der Waals surface area contributed by atoms with Crippen LogP contribution in [0.15, 0.2) is 29.2 Å². The number of hydrogen-bond donors (Lipinski definition) is 0. The van der Waals surface area contributed by atoms with E-state index in [0.717, 1.165) is 24.3 Å². The predicted octanol–water partition coefficient (Wildman–Crippen LogP) is 1.12. The number of hydrogen-bond acceptors (Lipinski definition) is 5. The van der Waals surface area contributed by atoms with Gasteiger partial charge in [0.2, 0.25) is 0 Å². The van der Waals surface area contributed by atoms with Crippen molar-refractivity contribution >= 4 is 15.8 Å². The zero-order chi connectivity index (χ0) is 12.9. The molecule has 0 amide bonds. The highest BCUT2D eigenvalue weighted by molar-refractivity contribution is 7.86. The summed E-state index contributed by atoms with van der Waals surface area (Å²) in [5.74, 6) is 0. The third-order valence-electron chi connectivity index (χ3n) is 1.86. The Morgan fingerprint density at radius 1 is 1.24 bits per heavy atom. The van der Waals surface area contributed by atoms with Gasteiger partial charge in [0.05, 0.1) is 23.0 Å². The first-order valence-electron chi connectivity index (χ1n) is 4.69. The molecule has 8 heteroatoms. The van der Waals surface area contributed by atoms with Crippen molar-refractivity contribution in [2.24, 2.45) is 0 Å². The number of nitro benzene ring substituents is 1. The van der Waals surface area contributed by atoms with Gasteiger partial charge in [-0.2, -0.15) is 8.42 Å². The summed E-state index contributed by atoms with van der Waals surface area (Å²) in [7, 11) is -3.94. The summed E-state index contributed by atoms with van der Waals surface area (Å²) in [5.41, 5.74) is -0.205. The van der Waals surface area contributed by atoms with E-state index in [2.05, 4.69) is 4.18 Å². The van der Waals surface area contributed by atoms with Crippen molar-refractivity contribution in [3.63, 3.8) is 0 Å². The summed E-state index contributed by atoms with van der Waals surface area (Å²) in [6.45, 7) is -0.612. The van der Waals surface area contributed by atoms with Gasteiger partial charge in [0.15, 0.2) is 0 Å². The van der Waals surface area contributed by atoms with Crippen LogP contribution in [-0.2, 0) is 19.4 Å². The van der Waals surface area contributed by atoms with Crippen molar-refractivity contribution < 1.29 is 22.6 Å². The first-order chi connectivity index (χ1) is 7.97. The van der Waals surface area contributed by atoms with Gasteiger partial charge in [-0.3, -0.25) is 14.3 Å². The van der Waals surface area contributed by atoms with Gasteiger partial charge in [-0.25, -0.2) is 5.11 Å². The van der Waals surface area contributed by atoms with E-state index in [-0.39, 0.29) is 23.6 Å². The molecule has 1 aromatic rings. The van der Waals surface area contributed by atoms with Gasteiger partial charge in [-0.15, -0.1) is 0 Å². The third kappa shape index (κ3) is 3.77. The van der Waals surface area contributed by atoms with Crippen LogP contribution in [0.3, 0.4) is 0 Å². The molecule has 1 rings (SSSR count). The average Bonchev–Trinajstić information content (AvgIpc) is 2.29. The molecule has 0 spiro atoms. The second-order valence-electron chi connectivity index (χ2n) is 3.08. The summed E-state index contributed by atoms with van der Waals surface area (Å²) >= 11 is 0. The summed E-state index contributed by atoms with van der Waals surface area (Å²) < 4.78 is 27.5. The minimum absolute atomic E-state index is 0.0895. The van der Waals surface area contributed by atoms with E-state index in [1.54, 1.807) is 0 Å². The Kier molecular flexibility index (Phi) is 4.55. The van der Waals surface area contributed by atoms with Crippen LogP contribution in [0.4, 0.5) is 5.69 Å². The Bertz CT molecular complexity index is 481. The van der Waals surface area contributed by atoms with Gasteiger partial charge in [-0.1, -0.05) is 0 Å². The van der Waals surface area contributed by atoms with Crippen LogP contribution in [0.5, 0.6) is 0 Å². The maximum atomic E-state index is 11.5. The van der Waals surface area contributed by atoms with Gasteiger partial charge >= 0.3 is 0 Å². The quantitative estimate of drug-likeness (QED) is 0.329. The molecule has 17 heavy (non-hydrogen) atoms. The lowest BCUT2D eigenvalue weighted by Gasteiger charge is -2.03. The fourth-order valence-electron chi connectivity index (χ4n) is 1.03. The third-order valence-corrected chi connectivity index (χ3v) is 3.19. The second-order valence-corrected chi connectivity index (χ2v) is 4.70. The highest BCUT2D eigenvalue weighted by atomic mass is 32.2. The van der Waals surface area contributed by atoms with E-state index >= 15 is 0 Å². The summed E-state index contributed by atoms with van der Waals surface area (Å²) in [5, 5.41) is 20.5. The summed E-state index contributed by atoms with van der Waals surface area (Å²) in [6.07, 6.45) is 0.0895. The van der Waals surface area contributed by atoms with E-state index < -0.39 is 21.6 Å². The number of benzene rings is 1. The summed E-state index contributed by atoms with van der Waals surface area (Å²) in [4.78, 5) is 9.56. The number of nitro groups is 1. The number of rotatable bonds is 6. The molecule has 1 radical (unpaired) electrons. The largest absolute Gasteiger partial charge is 0.296 e. The highest BCUT2D eigenvalue weighted by Gasteiger charge is 2.16. The monoisotopic (exact) mass is 260 g/mol. The minimum atomic E-state index is -3.94. The van der Waals surface area contributed by atoms with E-state index in [9.17, 15) is 23.6 Å². The van der Waals surface area contributed by atoms with E-state index in [1.807, 2.05) is 0 Å². The predicted molar refractivity (Wildman–Crippen MR) is 56.4 cm³/mol. The van der Waals surface area contributed by atoms with Crippen LogP contribution in [0, 0.1) is 10.1 Å². The van der Waals surface area contributed by atoms with Crippen molar-refractivity contribution in [2.45, 2.75) is 11.3 Å². The molecule has 0 fully saturated rings. The number of nitrogens with zero attached hydrogens (tertiary/aromatic N) is 1. The van der Waals surface area contributed by atoms with Crippen molar-refractivity contribution in [3.05, 3.63) is 34.4 Å². The first-order valence-corrected chi connectivity index (χ1v) is 6.10. The lowest BCUT2D eigenvalue weighted by atomic mass is 10.3. The van der Waals surface area contributed by atoms with Crippen LogP contribution in [0.1, 0.15) is 6.42 Å². The topological polar surface area (TPSA) is 106 Å². The Hall–Kier alpha value is -1.51. The average molecular weight is 260 g/mol. The Morgan fingerprint density at radius 3 is 2.29 bits per heavy atom. The molecule has 0 heterocycles. The van der Waals surface area contributed by atoms with Crippen molar-refractivity contribution in [1.82, 2.24) is 0 Å². The van der Waals surface area contributed by atoms with Gasteiger partial charge in [0.1, 0.15) is 0 Å². The van der Waals surface area contributed by atoms with E-state index in [1.165, 1.54) is 0 Å². The van der Waals surface area contributed by atoms with E-state index in [0.29, 0.717) is 0 Å². The molecule has 93 valence electrons. The molecule has 0 unspecified atom stereocenters. The Balaban J connectivity index is 2.81. The zero-order valence-corrected chi connectivity index (χ0v) is 9.55. The fraction of sp³-hybridized carbons (Fsp3) is 0.333. The molecular formula is C9H10NO6S. The molecule has 7 nitrogen and oxygen atoms in total. The van der Waals surface area contributed by atoms with Crippen molar-refractivity contribution in [3.8, 4) is 0 Å². The van der Waals surface area contributed by atoms with Crippen LogP contribution in [0.25, 0.3) is 0 Å². The molecular weight excluding hydrogens is 250 g/mol. The lowest BCUT2D eigenvalue weighted by Crippen LogP contribution is -2.08. The highest BCUT2D eigenvalue weighted by Crippen LogP contribution is 2.17. The van der Waals surface area contributed by atoms with Crippen molar-refractivity contribution in [1.29, 1.82) is 0 Å². The molecule has 0 saturated carbocycles. The molecule has 0 aliphatic carbocycles. The van der Waals surface area contributed by atoms with Gasteiger partial charge < -0.3 is 0 Å².